The van der Waals surface area contributed by atoms with Crippen LogP contribution in [0.5, 0.6) is 5.75 Å². The van der Waals surface area contributed by atoms with Crippen LogP contribution < -0.4 is 4.74 Å². The Morgan fingerprint density at radius 3 is 2.65 bits per heavy atom. The van der Waals surface area contributed by atoms with Gasteiger partial charge >= 0.3 is 0 Å². The number of ether oxygens (including phenoxy) is 1. The van der Waals surface area contributed by atoms with E-state index in [0.29, 0.717) is 17.9 Å². The fourth-order valence-electron chi connectivity index (χ4n) is 1.81. The first-order chi connectivity index (χ1) is 9.38. The number of rotatable bonds is 5. The molecule has 7 heteroatoms. The summed E-state index contributed by atoms with van der Waals surface area (Å²) in [5, 5.41) is 0. The van der Waals surface area contributed by atoms with Crippen LogP contribution in [0.1, 0.15) is 16.1 Å². The van der Waals surface area contributed by atoms with Crippen LogP contribution >= 0.6 is 22.0 Å². The van der Waals surface area contributed by atoms with E-state index in [2.05, 4.69) is 4.98 Å². The average Bonchev–Trinajstić information content (AvgIpc) is 2.73. The van der Waals surface area contributed by atoms with Crippen LogP contribution in [-0.2, 0) is 15.5 Å². The molecule has 0 radical (unpaired) electrons. The molecule has 0 atom stereocenters. The third kappa shape index (κ3) is 3.71. The Bertz CT molecular complexity index is 710. The van der Waals surface area contributed by atoms with E-state index in [1.165, 1.54) is 10.9 Å². The highest BCUT2D eigenvalue weighted by molar-refractivity contribution is 8.13. The molecular weight excluding hydrogens is 318 g/mol. The molecule has 0 amide bonds. The molecule has 2 aromatic rings. The van der Waals surface area contributed by atoms with Crippen molar-refractivity contribution in [2.24, 2.45) is 0 Å². The van der Waals surface area contributed by atoms with Gasteiger partial charge in [0.05, 0.1) is 22.7 Å². The first kappa shape index (κ1) is 15.3. The first-order valence-electron chi connectivity index (χ1n) is 5.95. The van der Waals surface area contributed by atoms with E-state index < -0.39 is 9.05 Å². The highest BCUT2D eigenvalue weighted by Crippen LogP contribution is 2.24. The Balaban J connectivity index is 2.01. The predicted molar refractivity (Wildman–Crippen MR) is 80.3 cm³/mol. The number of hydrogen-bond donors (Lipinski definition) is 0. The van der Waals surface area contributed by atoms with Gasteiger partial charge < -0.3 is 4.74 Å². The van der Waals surface area contributed by atoms with Gasteiger partial charge in [-0.3, -0.25) is 0 Å². The van der Waals surface area contributed by atoms with Crippen molar-refractivity contribution in [3.63, 3.8) is 0 Å². The standard InChI is InChI=1S/C13H14ClNO3S2/c1-9-7-11(3-4-13(9)20(14,16)17)18-6-5-12-10(2)15-8-19-12/h3-4,7-8H,5-6H2,1-2H3. The summed E-state index contributed by atoms with van der Waals surface area (Å²) >= 11 is 1.61. The minimum Gasteiger partial charge on any atom is -0.493 e. The summed E-state index contributed by atoms with van der Waals surface area (Å²) in [6, 6.07) is 4.75. The minimum atomic E-state index is -3.70. The van der Waals surface area contributed by atoms with Crippen LogP contribution in [0.4, 0.5) is 0 Å². The van der Waals surface area contributed by atoms with Gasteiger partial charge in [-0.2, -0.15) is 0 Å². The average molecular weight is 332 g/mol. The molecule has 20 heavy (non-hydrogen) atoms. The SMILES string of the molecule is Cc1cc(OCCc2scnc2C)ccc1S(=O)(=O)Cl. The second kappa shape index (κ2) is 6.11. The molecule has 0 saturated carbocycles. The van der Waals surface area contributed by atoms with Crippen molar-refractivity contribution in [1.82, 2.24) is 4.98 Å². The number of aromatic nitrogens is 1. The van der Waals surface area contributed by atoms with Crippen molar-refractivity contribution >= 4 is 31.1 Å². The topological polar surface area (TPSA) is 56.3 Å². The number of benzene rings is 1. The highest BCUT2D eigenvalue weighted by Gasteiger charge is 2.13. The Labute approximate surface area is 126 Å². The molecule has 4 nitrogen and oxygen atoms in total. The molecule has 0 unspecified atom stereocenters. The maximum Gasteiger partial charge on any atom is 0.261 e. The van der Waals surface area contributed by atoms with E-state index in [9.17, 15) is 8.42 Å². The van der Waals surface area contributed by atoms with Gasteiger partial charge in [0.15, 0.2) is 0 Å². The normalized spacial score (nSPS) is 11.6. The van der Waals surface area contributed by atoms with Gasteiger partial charge in [-0.05, 0) is 37.6 Å². The van der Waals surface area contributed by atoms with E-state index in [1.54, 1.807) is 30.4 Å². The van der Waals surface area contributed by atoms with E-state index in [4.69, 9.17) is 15.4 Å². The monoisotopic (exact) mass is 331 g/mol. The molecule has 1 aromatic heterocycles. The molecule has 0 aliphatic carbocycles. The third-order valence-corrected chi connectivity index (χ3v) is 5.33. The van der Waals surface area contributed by atoms with Crippen LogP contribution in [0.25, 0.3) is 0 Å². The first-order valence-corrected chi connectivity index (χ1v) is 9.14. The predicted octanol–water partition coefficient (Wildman–Crippen LogP) is 3.31. The lowest BCUT2D eigenvalue weighted by molar-refractivity contribution is 0.322. The maximum absolute atomic E-state index is 11.3. The molecule has 0 aliphatic rings. The molecule has 108 valence electrons. The van der Waals surface area contributed by atoms with Gasteiger partial charge in [0.25, 0.3) is 9.05 Å². The summed E-state index contributed by atoms with van der Waals surface area (Å²) in [5.41, 5.74) is 3.42. The van der Waals surface area contributed by atoms with Crippen molar-refractivity contribution < 1.29 is 13.2 Å². The number of hydrogen-bond acceptors (Lipinski definition) is 5. The number of thiazole rings is 1. The summed E-state index contributed by atoms with van der Waals surface area (Å²) in [6.07, 6.45) is 0.783. The van der Waals surface area contributed by atoms with Crippen LogP contribution in [0.2, 0.25) is 0 Å². The van der Waals surface area contributed by atoms with E-state index in [-0.39, 0.29) is 4.90 Å². The van der Waals surface area contributed by atoms with E-state index >= 15 is 0 Å². The fraction of sp³-hybridized carbons (Fsp3) is 0.308. The van der Waals surface area contributed by atoms with Crippen molar-refractivity contribution in [1.29, 1.82) is 0 Å². The van der Waals surface area contributed by atoms with Crippen molar-refractivity contribution in [3.8, 4) is 5.75 Å². The lowest BCUT2D eigenvalue weighted by atomic mass is 10.2. The number of halogens is 1. The van der Waals surface area contributed by atoms with Crippen LogP contribution in [0, 0.1) is 13.8 Å². The molecule has 0 fully saturated rings. The lowest BCUT2D eigenvalue weighted by Crippen LogP contribution is -2.02. The van der Waals surface area contributed by atoms with Crippen LogP contribution in [0.3, 0.4) is 0 Å². The summed E-state index contributed by atoms with van der Waals surface area (Å²) < 4.78 is 28.2. The van der Waals surface area contributed by atoms with Crippen molar-refractivity contribution in [2.75, 3.05) is 6.61 Å². The second-order valence-electron chi connectivity index (χ2n) is 4.32. The molecule has 0 spiro atoms. The molecular formula is C13H14ClNO3S2. The fourth-order valence-corrected chi connectivity index (χ4v) is 3.77. The highest BCUT2D eigenvalue weighted by atomic mass is 35.7. The Hall–Kier alpha value is -1.11. The smallest absolute Gasteiger partial charge is 0.261 e. The Morgan fingerprint density at radius 1 is 1.35 bits per heavy atom. The van der Waals surface area contributed by atoms with Gasteiger partial charge in [-0.1, -0.05) is 0 Å². The maximum atomic E-state index is 11.3. The quantitative estimate of drug-likeness (QED) is 0.789. The molecule has 2 rings (SSSR count). The van der Waals surface area contributed by atoms with Gasteiger partial charge in [0.2, 0.25) is 0 Å². The minimum absolute atomic E-state index is 0.116. The molecule has 0 aliphatic heterocycles. The van der Waals surface area contributed by atoms with Gasteiger partial charge in [-0.25, -0.2) is 13.4 Å². The Kier molecular flexibility index (Phi) is 4.67. The third-order valence-electron chi connectivity index (χ3n) is 2.85. The second-order valence-corrected chi connectivity index (χ2v) is 7.80. The molecule has 0 N–H and O–H groups in total. The van der Waals surface area contributed by atoms with Gasteiger partial charge in [0, 0.05) is 22.0 Å². The van der Waals surface area contributed by atoms with Crippen LogP contribution in [0.15, 0.2) is 28.6 Å². The van der Waals surface area contributed by atoms with Crippen molar-refractivity contribution in [3.05, 3.63) is 39.8 Å². The Morgan fingerprint density at radius 2 is 2.10 bits per heavy atom. The van der Waals surface area contributed by atoms with Gasteiger partial charge in [-0.15, -0.1) is 11.3 Å². The molecule has 1 heterocycles. The van der Waals surface area contributed by atoms with E-state index in [1.807, 2.05) is 12.4 Å². The van der Waals surface area contributed by atoms with Gasteiger partial charge in [0.1, 0.15) is 5.75 Å². The van der Waals surface area contributed by atoms with Crippen LogP contribution in [-0.4, -0.2) is 20.0 Å². The zero-order valence-corrected chi connectivity index (χ0v) is 13.5. The largest absolute Gasteiger partial charge is 0.493 e. The lowest BCUT2D eigenvalue weighted by Gasteiger charge is -2.08. The van der Waals surface area contributed by atoms with Crippen molar-refractivity contribution in [2.45, 2.75) is 25.2 Å². The zero-order valence-electron chi connectivity index (χ0n) is 11.1. The zero-order chi connectivity index (χ0) is 14.8. The summed E-state index contributed by atoms with van der Waals surface area (Å²) in [6.45, 7) is 4.18. The molecule has 0 saturated heterocycles. The summed E-state index contributed by atoms with van der Waals surface area (Å²) in [7, 11) is 1.63. The molecule has 0 bridgehead atoms. The molecule has 1 aromatic carbocycles. The number of nitrogens with zero attached hydrogens (tertiary/aromatic N) is 1. The van der Waals surface area contributed by atoms with E-state index in [0.717, 1.165) is 12.1 Å². The summed E-state index contributed by atoms with van der Waals surface area (Å²) in [4.78, 5) is 5.49. The summed E-state index contributed by atoms with van der Waals surface area (Å²) in [5.74, 6) is 0.633. The number of aryl methyl sites for hydroxylation is 2.